The van der Waals surface area contributed by atoms with E-state index in [1.165, 1.54) is 58.6 Å². The highest BCUT2D eigenvalue weighted by atomic mass is 35.6. The molecule has 91 heavy (non-hydrogen) atoms. The lowest BCUT2D eigenvalue weighted by molar-refractivity contribution is 0.187. The summed E-state index contributed by atoms with van der Waals surface area (Å²) in [4.78, 5) is 0. The van der Waals surface area contributed by atoms with Crippen LogP contribution in [-0.4, -0.2) is 149 Å². The predicted octanol–water partition coefficient (Wildman–Crippen LogP) is 16.3. The molecule has 5 aromatic rings. The molecule has 514 valence electrons. The van der Waals surface area contributed by atoms with Crippen LogP contribution in [0.15, 0.2) is 152 Å². The van der Waals surface area contributed by atoms with Crippen molar-refractivity contribution in [2.75, 3.05) is 65.9 Å². The molecule has 10 nitrogen and oxygen atoms in total. The lowest BCUT2D eigenvalue weighted by atomic mass is 10.4. The fourth-order valence-electron chi connectivity index (χ4n) is 12.8. The van der Waals surface area contributed by atoms with Gasteiger partial charge in [-0.3, -0.25) is 0 Å². The summed E-state index contributed by atoms with van der Waals surface area (Å²) in [5.74, 6) is 0. The van der Waals surface area contributed by atoms with Gasteiger partial charge in [0.05, 0.1) is 8.07 Å². The highest BCUT2D eigenvalue weighted by Gasteiger charge is 2.49. The summed E-state index contributed by atoms with van der Waals surface area (Å²) in [6, 6.07) is 60.5. The van der Waals surface area contributed by atoms with Gasteiger partial charge < -0.3 is 45.2 Å². The number of rotatable bonds is 34. The lowest BCUT2D eigenvalue weighted by Crippen LogP contribution is -2.71. The van der Waals surface area contributed by atoms with Gasteiger partial charge in [0.25, 0.3) is 8.48 Å². The highest BCUT2D eigenvalue weighted by Crippen LogP contribution is 2.32. The van der Waals surface area contributed by atoms with Gasteiger partial charge in [-0.1, -0.05) is 241 Å². The monoisotopic (exact) mass is 1420 g/mol. The van der Waals surface area contributed by atoms with Gasteiger partial charge in [-0.05, 0) is 158 Å². The van der Waals surface area contributed by atoms with Crippen LogP contribution < -0.4 is 31.7 Å². The van der Waals surface area contributed by atoms with Crippen molar-refractivity contribution in [1.82, 2.24) is 8.46 Å². The van der Waals surface area contributed by atoms with E-state index >= 15 is 0 Å². The molecule has 1 aliphatic rings. The molecule has 0 bridgehead atoms. The number of hydrogen-bond donors (Lipinski definition) is 1. The Balaban J connectivity index is 0.000000408. The largest absolute Gasteiger partial charge is 0.404 e. The topological polar surface area (TPSA) is 97.1 Å². The molecule has 1 unspecified atom stereocenters. The zero-order valence-electron chi connectivity index (χ0n) is 61.3. The van der Waals surface area contributed by atoms with E-state index in [4.69, 9.17) is 47.8 Å². The van der Waals surface area contributed by atoms with Crippen molar-refractivity contribution in [3.63, 3.8) is 0 Å². The SMILES string of the molecule is CCO[Si](C)(CCCC[Si](C)(C)c1ccccc1)OCC.CCO[Si](C)(CCCN([Si](C)(C)c1ccccc1)[Si](C)(C)c1ccccc1)OCC.CCO[Si](C)(CCCN)OCC.CCO[Si]1(C)CCCN1[Si](C)(C)c1ccccc1.C[Si](C)(Cl)c1ccccc1. The molecule has 5 aromatic carbocycles. The van der Waals surface area contributed by atoms with Crippen LogP contribution in [0.25, 0.3) is 0 Å². The summed E-state index contributed by atoms with van der Waals surface area (Å²) in [6.07, 6.45) is 5.95. The van der Waals surface area contributed by atoms with Crippen molar-refractivity contribution in [2.24, 2.45) is 5.73 Å². The maximum atomic E-state index is 6.21. The Morgan fingerprint density at radius 3 is 1.07 bits per heavy atom. The molecule has 1 fully saturated rings. The second-order valence-electron chi connectivity index (χ2n) is 27.1. The Kier molecular flexibility index (Phi) is 39.8. The number of halogens is 1. The highest BCUT2D eigenvalue weighted by molar-refractivity contribution is 7.26. The number of nitrogens with zero attached hydrogens (tertiary/aromatic N) is 2. The van der Waals surface area contributed by atoms with Crippen molar-refractivity contribution in [3.8, 4) is 0 Å². The van der Waals surface area contributed by atoms with Crippen molar-refractivity contribution in [2.45, 2.75) is 202 Å². The van der Waals surface area contributed by atoms with Gasteiger partial charge in [0.2, 0.25) is 0 Å². The Morgan fingerprint density at radius 1 is 0.418 bits per heavy atom. The predicted molar refractivity (Wildman–Crippen MR) is 421 cm³/mol. The molecule has 0 spiro atoms. The first-order chi connectivity index (χ1) is 42.9. The van der Waals surface area contributed by atoms with Crippen LogP contribution in [0.3, 0.4) is 0 Å². The van der Waals surface area contributed by atoms with E-state index in [0.717, 1.165) is 90.3 Å². The Labute approximate surface area is 572 Å². The van der Waals surface area contributed by atoms with E-state index in [9.17, 15) is 0 Å². The Bertz CT molecular complexity index is 2570. The van der Waals surface area contributed by atoms with Crippen molar-refractivity contribution < 1.29 is 31.0 Å². The van der Waals surface area contributed by atoms with Crippen LogP contribution in [0.4, 0.5) is 0 Å². The smallest absolute Gasteiger partial charge is 0.334 e. The number of hydrogen-bond acceptors (Lipinski definition) is 10. The second-order valence-corrected chi connectivity index (χ2v) is 65.6. The standard InChI is InChI=1S/C24H41NO2Si3.C17H32O2Si2.C14H25NOSi2.C8H11ClSi.C8H21NO2Si/c1-8-26-30(7,27-9-2)22-16-21-25(28(3,4)23-17-12-10-13-18-23)29(5,6)24-19-14-11-15-20-24;1-6-18-21(5,19-7-2)16-12-11-15-20(3,4)17-13-9-8-10-14-17;1-5-16-18(4)13-9-12-15(18)17(2,3)14-10-7-6-8-11-14;1-10(2,9)8-6-4-3-5-7-8;1-4-10-12(3,11-5-2)8-6-7-9/h10-15,17-20H,8-9,16,21-22H2,1-7H3;8-10,13-14H,6-7,11-12,15-16H2,1-5H3;6-8,10-11H,5,9,12-13H2,1-4H3;3-7H,1-2H3;4-9H2,1-3H3. The minimum absolute atomic E-state index is 0.725. The van der Waals surface area contributed by atoms with Crippen molar-refractivity contribution >= 4 is 111 Å². The van der Waals surface area contributed by atoms with Gasteiger partial charge in [-0.25, -0.2) is 0 Å². The number of benzene rings is 5. The zero-order chi connectivity index (χ0) is 68.3. The minimum Gasteiger partial charge on any atom is -0.404 e. The molecule has 20 heteroatoms. The molecular weight excluding hydrogens is 1300 g/mol. The molecular formula is C71H130ClN3O7Si9. The van der Waals surface area contributed by atoms with E-state index in [0.29, 0.717) is 0 Å². The van der Waals surface area contributed by atoms with Crippen molar-refractivity contribution in [3.05, 3.63) is 152 Å². The van der Waals surface area contributed by atoms with Gasteiger partial charge in [-0.15, -0.1) is 0 Å². The van der Waals surface area contributed by atoms with Gasteiger partial charge in [0.1, 0.15) is 24.7 Å². The van der Waals surface area contributed by atoms with E-state index in [1.807, 2.05) is 32.0 Å². The van der Waals surface area contributed by atoms with Crippen molar-refractivity contribution in [1.29, 1.82) is 0 Å². The molecule has 0 radical (unpaired) electrons. The van der Waals surface area contributed by atoms with Gasteiger partial charge >= 0.3 is 25.7 Å². The molecule has 0 saturated carbocycles. The van der Waals surface area contributed by atoms with Gasteiger partial charge in [0.15, 0.2) is 7.38 Å². The van der Waals surface area contributed by atoms with E-state index < -0.39 is 74.3 Å². The Hall–Kier alpha value is -2.06. The van der Waals surface area contributed by atoms with Crippen LogP contribution in [0.5, 0.6) is 0 Å². The maximum absolute atomic E-state index is 6.21. The third-order valence-corrected chi connectivity index (χ3v) is 52.8. The quantitative estimate of drug-likeness (QED) is 0.0244. The fraction of sp³-hybridized carbons (Fsp3) is 0.577. The van der Waals surface area contributed by atoms with E-state index in [1.54, 1.807) is 5.19 Å². The second kappa shape index (κ2) is 42.6. The maximum Gasteiger partial charge on any atom is 0.334 e. The molecule has 0 aromatic heterocycles. The molecule has 1 aliphatic heterocycles. The normalized spacial score (nSPS) is 15.1. The van der Waals surface area contributed by atoms with Crippen LogP contribution >= 0.6 is 11.1 Å². The zero-order valence-corrected chi connectivity index (χ0v) is 71.0. The molecule has 0 aliphatic carbocycles. The summed E-state index contributed by atoms with van der Waals surface area (Å²) < 4.78 is 47.3. The van der Waals surface area contributed by atoms with Crippen LogP contribution in [0, 0.1) is 0 Å². The molecule has 1 saturated heterocycles. The lowest BCUT2D eigenvalue weighted by Gasteiger charge is -2.48. The molecule has 1 atom stereocenters. The Morgan fingerprint density at radius 2 is 0.736 bits per heavy atom. The molecule has 6 rings (SSSR count). The van der Waals surface area contributed by atoms with Crippen LogP contribution in [0.1, 0.15) is 80.6 Å². The van der Waals surface area contributed by atoms with Crippen LogP contribution in [0.2, 0.25) is 122 Å². The average Bonchev–Trinajstić information content (AvgIpc) is 1.75. The summed E-state index contributed by atoms with van der Waals surface area (Å²) in [5, 5.41) is 7.42. The fourth-order valence-corrected chi connectivity index (χ4v) is 44.7. The molecule has 1 heterocycles. The third-order valence-electron chi connectivity index (χ3n) is 17.8. The number of nitrogens with two attached hydrogens (primary N) is 1. The van der Waals surface area contributed by atoms with E-state index in [-0.39, 0.29) is 0 Å². The molecule has 2 N–H and O–H groups in total. The summed E-state index contributed by atoms with van der Waals surface area (Å²) in [7, 11) is -15.5. The summed E-state index contributed by atoms with van der Waals surface area (Å²) in [5.41, 5.74) is 5.44. The average molecular weight is 1430 g/mol. The number of unbranched alkanes of at least 4 members (excludes halogenated alkanes) is 1. The first-order valence-corrected chi connectivity index (χ1v) is 60.8. The third kappa shape index (κ3) is 29.7. The first-order valence-electron chi connectivity index (χ1n) is 34.6. The van der Waals surface area contributed by atoms with Gasteiger partial charge in [-0.2, -0.15) is 11.1 Å². The summed E-state index contributed by atoms with van der Waals surface area (Å²) >= 11 is 6.20. The molecule has 0 amide bonds. The van der Waals surface area contributed by atoms with Crippen LogP contribution in [-0.2, 0) is 31.0 Å². The minimum atomic E-state index is -2.09. The van der Waals surface area contributed by atoms with E-state index in [2.05, 4.69) is 268 Å². The first kappa shape index (κ1) is 85.0. The summed E-state index contributed by atoms with van der Waals surface area (Å²) in [6.45, 7) is 56.0. The van der Waals surface area contributed by atoms with Gasteiger partial charge in [0, 0.05) is 46.2 Å².